The highest BCUT2D eigenvalue weighted by molar-refractivity contribution is 6.84. The maximum atomic E-state index is 6.85. The molecule has 0 amide bonds. The van der Waals surface area contributed by atoms with Crippen LogP contribution in [0.4, 0.5) is 0 Å². The van der Waals surface area contributed by atoms with Gasteiger partial charge in [0.1, 0.15) is 6.10 Å². The van der Waals surface area contributed by atoms with Gasteiger partial charge in [0.15, 0.2) is 0 Å². The number of rotatable bonds is 12. The van der Waals surface area contributed by atoms with Crippen LogP contribution in [-0.2, 0) is 9.16 Å². The van der Waals surface area contributed by atoms with Crippen LogP contribution in [0.2, 0.25) is 10.1 Å². The Balaban J connectivity index is 2.70. The summed E-state index contributed by atoms with van der Waals surface area (Å²) in [6, 6.07) is 0. The lowest BCUT2D eigenvalue weighted by Gasteiger charge is -2.49. The zero-order valence-electron chi connectivity index (χ0n) is 19.0. The summed E-state index contributed by atoms with van der Waals surface area (Å²) >= 11 is 0. The lowest BCUT2D eigenvalue weighted by atomic mass is 10.1. The summed E-state index contributed by atoms with van der Waals surface area (Å²) < 4.78 is 12.8. The smallest absolute Gasteiger partial charge is 0.227 e. The van der Waals surface area contributed by atoms with Crippen LogP contribution in [0.25, 0.3) is 0 Å². The first-order valence-electron chi connectivity index (χ1n) is 11.1. The topological polar surface area (TPSA) is 21.8 Å². The SMILES string of the molecule is CCCC/C=C/[Si](OC[C@H]1O[C@H]1CCCCCC)(C(C)(C)C)C(C)(C)C. The zero-order valence-corrected chi connectivity index (χ0v) is 20.0. The highest BCUT2D eigenvalue weighted by Crippen LogP contribution is 2.53. The number of allylic oxidation sites excluding steroid dienone is 1. The number of hydrogen-bond acceptors (Lipinski definition) is 2. The fraction of sp³-hybridized carbons (Fsp3) is 0.913. The van der Waals surface area contributed by atoms with Crippen molar-refractivity contribution in [3.8, 4) is 0 Å². The van der Waals surface area contributed by atoms with Gasteiger partial charge >= 0.3 is 0 Å². The van der Waals surface area contributed by atoms with E-state index in [4.69, 9.17) is 9.16 Å². The third kappa shape index (κ3) is 6.80. The van der Waals surface area contributed by atoms with Gasteiger partial charge in [-0.15, -0.1) is 0 Å². The van der Waals surface area contributed by atoms with Gasteiger partial charge in [-0.3, -0.25) is 0 Å². The van der Waals surface area contributed by atoms with E-state index >= 15 is 0 Å². The Bertz CT molecular complexity index is 403. The first-order chi connectivity index (χ1) is 12.1. The third-order valence-electron chi connectivity index (χ3n) is 5.81. The maximum Gasteiger partial charge on any atom is 0.227 e. The molecule has 1 aliphatic rings. The highest BCUT2D eigenvalue weighted by atomic mass is 28.4. The molecule has 2 nitrogen and oxygen atoms in total. The lowest BCUT2D eigenvalue weighted by molar-refractivity contribution is 0.228. The second-order valence-electron chi connectivity index (χ2n) is 10.2. The molecule has 154 valence electrons. The molecule has 2 atom stereocenters. The third-order valence-corrected chi connectivity index (χ3v) is 11.6. The molecule has 0 aromatic rings. The van der Waals surface area contributed by atoms with E-state index in [1.165, 1.54) is 51.4 Å². The van der Waals surface area contributed by atoms with Crippen molar-refractivity contribution in [3.63, 3.8) is 0 Å². The summed E-state index contributed by atoms with van der Waals surface area (Å²) in [4.78, 5) is 0. The van der Waals surface area contributed by atoms with E-state index in [1.807, 2.05) is 0 Å². The van der Waals surface area contributed by atoms with Crippen LogP contribution in [-0.4, -0.2) is 27.1 Å². The van der Waals surface area contributed by atoms with E-state index in [1.54, 1.807) is 0 Å². The molecule has 0 spiro atoms. The minimum absolute atomic E-state index is 0.166. The molecule has 0 aromatic heterocycles. The van der Waals surface area contributed by atoms with Crippen LogP contribution >= 0.6 is 0 Å². The fourth-order valence-electron chi connectivity index (χ4n) is 4.24. The predicted octanol–water partition coefficient (Wildman–Crippen LogP) is 7.57. The van der Waals surface area contributed by atoms with Crippen molar-refractivity contribution < 1.29 is 9.16 Å². The lowest BCUT2D eigenvalue weighted by Crippen LogP contribution is -2.54. The zero-order chi connectivity index (χ0) is 19.8. The first kappa shape index (κ1) is 23.9. The molecule has 26 heavy (non-hydrogen) atoms. The Morgan fingerprint density at radius 3 is 2.00 bits per heavy atom. The van der Waals surface area contributed by atoms with E-state index in [9.17, 15) is 0 Å². The Hall–Kier alpha value is -0.123. The molecule has 0 aliphatic carbocycles. The van der Waals surface area contributed by atoms with Crippen LogP contribution in [0, 0.1) is 0 Å². The minimum atomic E-state index is -2.11. The molecule has 1 aliphatic heterocycles. The second kappa shape index (κ2) is 10.4. The summed E-state index contributed by atoms with van der Waals surface area (Å²) in [5.41, 5.74) is 2.50. The van der Waals surface area contributed by atoms with Crippen molar-refractivity contribution in [2.45, 2.75) is 129 Å². The molecule has 1 rings (SSSR count). The van der Waals surface area contributed by atoms with E-state index in [0.717, 1.165) is 6.61 Å². The van der Waals surface area contributed by atoms with Gasteiger partial charge in [0, 0.05) is 0 Å². The van der Waals surface area contributed by atoms with Crippen LogP contribution in [0.15, 0.2) is 11.8 Å². The molecule has 1 saturated heterocycles. The quantitative estimate of drug-likeness (QED) is 0.197. The van der Waals surface area contributed by atoms with E-state index < -0.39 is 8.32 Å². The summed E-state index contributed by atoms with van der Waals surface area (Å²) in [5.74, 6) is 0. The Kier molecular flexibility index (Phi) is 9.59. The average Bonchev–Trinajstić information content (AvgIpc) is 3.27. The van der Waals surface area contributed by atoms with Gasteiger partial charge in [0.05, 0.1) is 12.7 Å². The molecular weight excluding hydrogens is 336 g/mol. The number of hydrogen-bond donors (Lipinski definition) is 0. The summed E-state index contributed by atoms with van der Waals surface area (Å²) in [6.45, 7) is 19.5. The van der Waals surface area contributed by atoms with Gasteiger partial charge in [0.2, 0.25) is 8.32 Å². The monoisotopic (exact) mass is 382 g/mol. The van der Waals surface area contributed by atoms with Crippen molar-refractivity contribution in [2.75, 3.05) is 6.61 Å². The Morgan fingerprint density at radius 1 is 0.846 bits per heavy atom. The van der Waals surface area contributed by atoms with Crippen molar-refractivity contribution in [1.29, 1.82) is 0 Å². The van der Waals surface area contributed by atoms with Gasteiger partial charge in [-0.25, -0.2) is 0 Å². The van der Waals surface area contributed by atoms with Gasteiger partial charge in [-0.1, -0.05) is 106 Å². The standard InChI is InChI=1S/C23H46O2Si/c1-9-11-13-15-17-20-21(25-20)19-24-26(22(3,4)5,23(6,7)8)18-16-14-12-10-2/h16,18,20-21H,9-15,17,19H2,1-8H3/b18-16+/t20-,21+/m0/s1. The van der Waals surface area contributed by atoms with Crippen molar-refractivity contribution >= 4 is 8.32 Å². The Morgan fingerprint density at radius 2 is 1.46 bits per heavy atom. The molecule has 1 fully saturated rings. The van der Waals surface area contributed by atoms with Gasteiger partial charge in [-0.2, -0.15) is 0 Å². The largest absolute Gasteiger partial charge is 0.409 e. The molecule has 0 aromatic carbocycles. The average molecular weight is 383 g/mol. The molecular formula is C23H46O2Si. The summed E-state index contributed by atoms with van der Waals surface area (Å²) in [6.07, 6.45) is 13.4. The van der Waals surface area contributed by atoms with Crippen LogP contribution in [0.5, 0.6) is 0 Å². The summed E-state index contributed by atoms with van der Waals surface area (Å²) in [7, 11) is -2.11. The van der Waals surface area contributed by atoms with E-state index in [-0.39, 0.29) is 10.1 Å². The number of ether oxygens (including phenoxy) is 1. The molecule has 0 N–H and O–H groups in total. The maximum absolute atomic E-state index is 6.85. The van der Waals surface area contributed by atoms with Gasteiger partial charge < -0.3 is 9.16 Å². The fourth-order valence-corrected chi connectivity index (χ4v) is 9.38. The second-order valence-corrected chi connectivity index (χ2v) is 15.2. The normalized spacial score (nSPS) is 21.5. The van der Waals surface area contributed by atoms with Crippen molar-refractivity contribution in [3.05, 3.63) is 11.8 Å². The molecule has 0 saturated carbocycles. The molecule has 0 unspecified atom stereocenters. The molecule has 3 heteroatoms. The van der Waals surface area contributed by atoms with Gasteiger partial charge in [-0.05, 0) is 22.9 Å². The van der Waals surface area contributed by atoms with E-state index in [0.29, 0.717) is 12.2 Å². The van der Waals surface area contributed by atoms with Crippen LogP contribution in [0.3, 0.4) is 0 Å². The van der Waals surface area contributed by atoms with Crippen molar-refractivity contribution in [1.82, 2.24) is 0 Å². The van der Waals surface area contributed by atoms with E-state index in [2.05, 4.69) is 67.2 Å². The van der Waals surface area contributed by atoms with Gasteiger partial charge in [0.25, 0.3) is 0 Å². The minimum Gasteiger partial charge on any atom is -0.409 e. The van der Waals surface area contributed by atoms with Crippen LogP contribution < -0.4 is 0 Å². The predicted molar refractivity (Wildman–Crippen MR) is 117 cm³/mol. The number of unbranched alkanes of at least 4 members (excludes halogenated alkanes) is 5. The molecule has 0 radical (unpaired) electrons. The van der Waals surface area contributed by atoms with Crippen LogP contribution in [0.1, 0.15) is 107 Å². The highest BCUT2D eigenvalue weighted by Gasteiger charge is 2.54. The van der Waals surface area contributed by atoms with Crippen molar-refractivity contribution in [2.24, 2.45) is 0 Å². The molecule has 0 bridgehead atoms. The molecule has 1 heterocycles. The summed E-state index contributed by atoms with van der Waals surface area (Å²) in [5, 5.41) is 0.332. The number of epoxide rings is 1. The Labute approximate surface area is 165 Å². The first-order valence-corrected chi connectivity index (χ1v) is 13.0.